The van der Waals surface area contributed by atoms with E-state index in [2.05, 4.69) is 0 Å². The Hall–Kier alpha value is -0.620. The summed E-state index contributed by atoms with van der Waals surface area (Å²) in [5.74, 6) is -0.423. The van der Waals surface area contributed by atoms with Gasteiger partial charge in [0.2, 0.25) is 0 Å². The second-order valence-electron chi connectivity index (χ2n) is 4.44. The van der Waals surface area contributed by atoms with Crippen LogP contribution in [0.25, 0.3) is 0 Å². The first-order chi connectivity index (χ1) is 8.04. The molecule has 1 aliphatic rings. The molecule has 0 aromatic heterocycles. The number of carbonyl (C=O) groups excluding carboxylic acids is 1. The lowest BCUT2D eigenvalue weighted by Gasteiger charge is -2.29. The van der Waals surface area contributed by atoms with Crippen molar-refractivity contribution in [3.63, 3.8) is 0 Å². The van der Waals surface area contributed by atoms with E-state index in [9.17, 15) is 13.2 Å². The number of ether oxygens (including phenoxy) is 1. The van der Waals surface area contributed by atoms with E-state index < -0.39 is 23.2 Å². The van der Waals surface area contributed by atoms with Gasteiger partial charge in [-0.2, -0.15) is 0 Å². The van der Waals surface area contributed by atoms with Gasteiger partial charge in [0, 0.05) is 0 Å². The van der Waals surface area contributed by atoms with Crippen LogP contribution in [0.15, 0.2) is 0 Å². The second kappa shape index (κ2) is 6.96. The van der Waals surface area contributed by atoms with E-state index in [4.69, 9.17) is 8.92 Å². The molecule has 0 saturated heterocycles. The molecule has 0 radical (unpaired) electrons. The minimum Gasteiger partial charge on any atom is -0.459 e. The van der Waals surface area contributed by atoms with Gasteiger partial charge in [-0.05, 0) is 25.7 Å². The Morgan fingerprint density at radius 1 is 1.29 bits per heavy atom. The summed E-state index contributed by atoms with van der Waals surface area (Å²) in [6.45, 7) is 3.71. The molecule has 1 saturated carbocycles. The second-order valence-corrected chi connectivity index (χ2v) is 5.09. The summed E-state index contributed by atoms with van der Waals surface area (Å²) < 4.78 is 31.2. The van der Waals surface area contributed by atoms with Crippen molar-refractivity contribution in [3.05, 3.63) is 0 Å². The number of hydrogen-bond acceptors (Lipinski definition) is 5. The number of carbonyl (C=O) groups is 1. The maximum absolute atomic E-state index is 11.6. The summed E-state index contributed by atoms with van der Waals surface area (Å²) in [5, 5.41) is 0. The molecule has 0 heterocycles. The van der Waals surface area contributed by atoms with Gasteiger partial charge in [0.25, 0.3) is 11.0 Å². The highest BCUT2D eigenvalue weighted by Crippen LogP contribution is 2.25. The van der Waals surface area contributed by atoms with Crippen LogP contribution in [-0.2, 0) is 24.7 Å². The molecule has 0 aliphatic heterocycles. The zero-order chi connectivity index (χ0) is 12.8. The van der Waals surface area contributed by atoms with Crippen molar-refractivity contribution in [2.45, 2.75) is 58.2 Å². The van der Waals surface area contributed by atoms with E-state index in [0.717, 1.165) is 12.8 Å². The average Bonchev–Trinajstić information content (AvgIpc) is 2.29. The molecule has 1 rings (SSSR count). The lowest BCUT2D eigenvalue weighted by Crippen LogP contribution is -2.37. The number of thiol groups is 1. The smallest absolute Gasteiger partial charge is 0.309 e. The quantitative estimate of drug-likeness (QED) is 0.601. The largest absolute Gasteiger partial charge is 0.459 e. The van der Waals surface area contributed by atoms with E-state index in [-0.39, 0.29) is 11.9 Å². The average molecular weight is 264 g/mol. The van der Waals surface area contributed by atoms with Crippen LogP contribution in [0.5, 0.6) is 0 Å². The Bertz CT molecular complexity index is 318. The maximum atomic E-state index is 11.6. The fraction of sp³-hybridized carbons (Fsp3) is 0.909. The van der Waals surface area contributed by atoms with Crippen LogP contribution in [-0.4, -0.2) is 26.6 Å². The third kappa shape index (κ3) is 4.63. The van der Waals surface area contributed by atoms with Crippen molar-refractivity contribution in [2.24, 2.45) is 5.92 Å². The van der Waals surface area contributed by atoms with Crippen LogP contribution in [0.3, 0.4) is 0 Å². The molecular weight excluding hydrogens is 244 g/mol. The highest BCUT2D eigenvalue weighted by Gasteiger charge is 2.31. The predicted molar refractivity (Wildman–Crippen MR) is 63.0 cm³/mol. The van der Waals surface area contributed by atoms with Gasteiger partial charge >= 0.3 is 5.97 Å². The summed E-state index contributed by atoms with van der Waals surface area (Å²) in [7, 11) is -2.89. The van der Waals surface area contributed by atoms with Gasteiger partial charge in [-0.15, -0.1) is 0 Å². The van der Waals surface area contributed by atoms with Crippen molar-refractivity contribution >= 4 is 17.0 Å². The minimum atomic E-state index is -2.89. The first-order valence-corrected chi connectivity index (χ1v) is 7.15. The standard InChI is InChI=1S/C11H20O5S/c1-3-8(2)11(12)15-9-6-4-5-7-10(9)16-17(13)14/h8-10,17H,3-7H2,1-2H3. The molecule has 0 aromatic rings. The van der Waals surface area contributed by atoms with Gasteiger partial charge in [0.1, 0.15) is 12.2 Å². The molecule has 6 heteroatoms. The van der Waals surface area contributed by atoms with Gasteiger partial charge in [-0.1, -0.05) is 20.3 Å². The van der Waals surface area contributed by atoms with Crippen molar-refractivity contribution in [1.29, 1.82) is 0 Å². The molecule has 3 atom stereocenters. The van der Waals surface area contributed by atoms with E-state index in [0.29, 0.717) is 19.3 Å². The Morgan fingerprint density at radius 2 is 1.88 bits per heavy atom. The van der Waals surface area contributed by atoms with E-state index in [1.165, 1.54) is 0 Å². The van der Waals surface area contributed by atoms with Crippen LogP contribution < -0.4 is 0 Å². The first-order valence-electron chi connectivity index (χ1n) is 6.06. The molecule has 1 fully saturated rings. The van der Waals surface area contributed by atoms with Crippen molar-refractivity contribution in [3.8, 4) is 0 Å². The summed E-state index contributed by atoms with van der Waals surface area (Å²) >= 11 is 0. The summed E-state index contributed by atoms with van der Waals surface area (Å²) in [4.78, 5) is 11.6. The number of esters is 1. The van der Waals surface area contributed by atoms with Gasteiger partial charge in [-0.25, -0.2) is 8.42 Å². The molecule has 17 heavy (non-hydrogen) atoms. The summed E-state index contributed by atoms with van der Waals surface area (Å²) in [5.41, 5.74) is 0. The lowest BCUT2D eigenvalue weighted by molar-refractivity contribution is -0.160. The Balaban J connectivity index is 2.56. The Morgan fingerprint density at radius 3 is 2.41 bits per heavy atom. The van der Waals surface area contributed by atoms with E-state index >= 15 is 0 Å². The molecule has 0 N–H and O–H groups in total. The molecule has 3 unspecified atom stereocenters. The fourth-order valence-electron chi connectivity index (χ4n) is 1.86. The van der Waals surface area contributed by atoms with Crippen LogP contribution in [0.2, 0.25) is 0 Å². The molecule has 0 spiro atoms. The number of rotatable bonds is 5. The Labute approximate surface area is 104 Å². The predicted octanol–water partition coefficient (Wildman–Crippen LogP) is 1.43. The molecule has 0 amide bonds. The normalized spacial score (nSPS) is 26.8. The van der Waals surface area contributed by atoms with Crippen LogP contribution in [0, 0.1) is 5.92 Å². The topological polar surface area (TPSA) is 69.7 Å². The van der Waals surface area contributed by atoms with Gasteiger partial charge in [0.05, 0.1) is 5.92 Å². The first kappa shape index (κ1) is 14.4. The van der Waals surface area contributed by atoms with E-state index in [1.54, 1.807) is 6.92 Å². The van der Waals surface area contributed by atoms with Gasteiger partial charge in [-0.3, -0.25) is 8.98 Å². The van der Waals surface area contributed by atoms with Gasteiger partial charge < -0.3 is 4.74 Å². The third-order valence-corrected chi connectivity index (χ3v) is 3.59. The van der Waals surface area contributed by atoms with Crippen LogP contribution in [0.1, 0.15) is 46.0 Å². The van der Waals surface area contributed by atoms with Crippen LogP contribution >= 0.6 is 0 Å². The molecule has 100 valence electrons. The highest BCUT2D eigenvalue weighted by molar-refractivity contribution is 7.67. The fourth-order valence-corrected chi connectivity index (χ4v) is 2.32. The number of hydrogen-bond donors (Lipinski definition) is 1. The maximum Gasteiger partial charge on any atom is 0.309 e. The Kier molecular flexibility index (Phi) is 5.91. The van der Waals surface area contributed by atoms with Crippen molar-refractivity contribution in [2.75, 3.05) is 0 Å². The third-order valence-electron chi connectivity index (χ3n) is 3.15. The zero-order valence-electron chi connectivity index (χ0n) is 10.3. The molecule has 0 aromatic carbocycles. The molecule has 1 aliphatic carbocycles. The highest BCUT2D eigenvalue weighted by atomic mass is 32.2. The van der Waals surface area contributed by atoms with Gasteiger partial charge in [0.15, 0.2) is 0 Å². The summed E-state index contributed by atoms with van der Waals surface area (Å²) in [6, 6.07) is 0. The molecular formula is C11H20O5S. The SMILES string of the molecule is CCC(C)C(=O)OC1CCCCC1O[SH](=O)=O. The summed E-state index contributed by atoms with van der Waals surface area (Å²) in [6.07, 6.45) is 2.94. The monoisotopic (exact) mass is 264 g/mol. The lowest BCUT2D eigenvalue weighted by atomic mass is 9.94. The zero-order valence-corrected chi connectivity index (χ0v) is 11.2. The van der Waals surface area contributed by atoms with E-state index in [1.807, 2.05) is 6.92 Å². The van der Waals surface area contributed by atoms with Crippen molar-refractivity contribution < 1.29 is 22.1 Å². The van der Waals surface area contributed by atoms with Crippen LogP contribution in [0.4, 0.5) is 0 Å². The minimum absolute atomic E-state index is 0.154. The molecule has 5 nitrogen and oxygen atoms in total. The van der Waals surface area contributed by atoms with Crippen molar-refractivity contribution in [1.82, 2.24) is 0 Å². The molecule has 0 bridgehead atoms.